The Balaban J connectivity index is 1.75. The second kappa shape index (κ2) is 9.81. The van der Waals surface area contributed by atoms with Crippen LogP contribution in [0.25, 0.3) is 0 Å². The van der Waals surface area contributed by atoms with Gasteiger partial charge in [0.2, 0.25) is 0 Å². The summed E-state index contributed by atoms with van der Waals surface area (Å²) in [6.45, 7) is 1.37. The minimum absolute atomic E-state index is 0.444. The molecule has 0 radical (unpaired) electrons. The van der Waals surface area contributed by atoms with Gasteiger partial charge in [-0.3, -0.25) is 4.79 Å². The normalized spacial score (nSPS) is 11.1. The van der Waals surface area contributed by atoms with Gasteiger partial charge in [0, 0.05) is 5.69 Å². The summed E-state index contributed by atoms with van der Waals surface area (Å²) >= 11 is 0. The molecular formula is C19H21N3O5. The van der Waals surface area contributed by atoms with Crippen molar-refractivity contribution in [2.24, 2.45) is 5.73 Å². The van der Waals surface area contributed by atoms with Crippen molar-refractivity contribution in [2.45, 2.75) is 19.6 Å². The predicted molar refractivity (Wildman–Crippen MR) is 99.0 cm³/mol. The molecule has 0 heterocycles. The summed E-state index contributed by atoms with van der Waals surface area (Å²) in [4.78, 5) is 34.1. The van der Waals surface area contributed by atoms with Crippen LogP contribution in [0, 0.1) is 0 Å². The maximum atomic E-state index is 11.8. The number of benzene rings is 2. The molecule has 8 heteroatoms. The lowest BCUT2D eigenvalue weighted by molar-refractivity contribution is -0.148. The first kappa shape index (κ1) is 19.8. The number of nitrogens with two attached hydrogens (primary N) is 1. The Labute approximate surface area is 156 Å². The monoisotopic (exact) mass is 371 g/mol. The van der Waals surface area contributed by atoms with E-state index in [2.05, 4.69) is 10.6 Å². The number of amides is 3. The van der Waals surface area contributed by atoms with Crippen LogP contribution in [0.3, 0.4) is 0 Å². The molecule has 0 aliphatic carbocycles. The van der Waals surface area contributed by atoms with Gasteiger partial charge in [0.1, 0.15) is 18.4 Å². The van der Waals surface area contributed by atoms with E-state index in [9.17, 15) is 14.4 Å². The first-order valence-electron chi connectivity index (χ1n) is 8.23. The summed E-state index contributed by atoms with van der Waals surface area (Å²) in [7, 11) is 0. The molecule has 0 spiro atoms. The summed E-state index contributed by atoms with van der Waals surface area (Å²) < 4.78 is 10.5. The Bertz CT molecular complexity index is 778. The van der Waals surface area contributed by atoms with Gasteiger partial charge in [-0.15, -0.1) is 0 Å². The molecule has 1 atom stereocenters. The second-order valence-electron chi connectivity index (χ2n) is 5.68. The van der Waals surface area contributed by atoms with Crippen LogP contribution in [-0.2, 0) is 20.9 Å². The van der Waals surface area contributed by atoms with E-state index in [1.54, 1.807) is 24.3 Å². The Kier molecular flexibility index (Phi) is 7.18. The molecule has 0 fully saturated rings. The zero-order chi connectivity index (χ0) is 19.6. The highest BCUT2D eigenvalue weighted by Gasteiger charge is 2.17. The van der Waals surface area contributed by atoms with Gasteiger partial charge in [-0.05, 0) is 36.8 Å². The number of urea groups is 1. The lowest BCUT2D eigenvalue weighted by Gasteiger charge is -2.12. The van der Waals surface area contributed by atoms with E-state index >= 15 is 0 Å². The molecule has 8 nitrogen and oxygen atoms in total. The smallest absolute Gasteiger partial charge is 0.328 e. The standard InChI is InChI=1S/C19H21N3O5/c1-13(21-19(20)25)18(24)27-12-17(23)22-15-7-9-16(10-8-15)26-11-14-5-3-2-4-6-14/h2-10,13H,11-12H2,1H3,(H,22,23)(H3,20,21,25)/t13-/m0/s1. The summed E-state index contributed by atoms with van der Waals surface area (Å²) in [5.74, 6) is -0.601. The Morgan fingerprint density at radius 3 is 2.33 bits per heavy atom. The van der Waals surface area contributed by atoms with E-state index in [1.165, 1.54) is 6.92 Å². The Hall–Kier alpha value is -3.55. The van der Waals surface area contributed by atoms with Gasteiger partial charge in [0.05, 0.1) is 0 Å². The van der Waals surface area contributed by atoms with Crippen LogP contribution >= 0.6 is 0 Å². The predicted octanol–water partition coefficient (Wildman–Crippen LogP) is 1.80. The maximum Gasteiger partial charge on any atom is 0.328 e. The number of hydrogen-bond acceptors (Lipinski definition) is 5. The zero-order valence-corrected chi connectivity index (χ0v) is 14.8. The van der Waals surface area contributed by atoms with Crippen LogP contribution < -0.4 is 21.1 Å². The number of esters is 1. The van der Waals surface area contributed by atoms with Gasteiger partial charge in [0.25, 0.3) is 5.91 Å². The number of anilines is 1. The summed E-state index contributed by atoms with van der Waals surface area (Å²) in [5, 5.41) is 4.76. The van der Waals surface area contributed by atoms with Crippen LogP contribution in [0.2, 0.25) is 0 Å². The SMILES string of the molecule is C[C@H](NC(N)=O)C(=O)OCC(=O)Nc1ccc(OCc2ccccc2)cc1. The van der Waals surface area contributed by atoms with E-state index < -0.39 is 30.6 Å². The Morgan fingerprint density at radius 1 is 1.04 bits per heavy atom. The molecular weight excluding hydrogens is 350 g/mol. The van der Waals surface area contributed by atoms with Gasteiger partial charge < -0.3 is 25.8 Å². The quantitative estimate of drug-likeness (QED) is 0.611. The number of primary amides is 1. The first-order valence-corrected chi connectivity index (χ1v) is 8.23. The molecule has 27 heavy (non-hydrogen) atoms. The minimum atomic E-state index is -0.934. The van der Waals surface area contributed by atoms with Gasteiger partial charge in [-0.1, -0.05) is 30.3 Å². The topological polar surface area (TPSA) is 120 Å². The fraction of sp³-hybridized carbons (Fsp3) is 0.211. The van der Waals surface area contributed by atoms with Crippen LogP contribution in [0.4, 0.5) is 10.5 Å². The molecule has 0 aromatic heterocycles. The highest BCUT2D eigenvalue weighted by atomic mass is 16.5. The third-order valence-electron chi connectivity index (χ3n) is 3.44. The lowest BCUT2D eigenvalue weighted by atomic mass is 10.2. The van der Waals surface area contributed by atoms with Crippen molar-refractivity contribution in [1.82, 2.24) is 5.32 Å². The maximum absolute atomic E-state index is 11.8. The highest BCUT2D eigenvalue weighted by Crippen LogP contribution is 2.17. The fourth-order valence-electron chi connectivity index (χ4n) is 2.11. The average Bonchev–Trinajstić information content (AvgIpc) is 2.66. The molecule has 0 saturated carbocycles. The number of carbonyl (C=O) groups is 3. The number of rotatable bonds is 8. The summed E-state index contributed by atoms with van der Waals surface area (Å²) in [6.07, 6.45) is 0. The molecule has 0 aliphatic heterocycles. The van der Waals surface area contributed by atoms with Crippen molar-refractivity contribution in [2.75, 3.05) is 11.9 Å². The lowest BCUT2D eigenvalue weighted by Crippen LogP contribution is -2.43. The number of nitrogens with one attached hydrogen (secondary N) is 2. The summed E-state index contributed by atoms with van der Waals surface area (Å²) in [5.41, 5.74) is 6.49. The van der Waals surface area contributed by atoms with Crippen LogP contribution in [0.15, 0.2) is 54.6 Å². The first-order chi connectivity index (χ1) is 12.9. The van der Waals surface area contributed by atoms with Crippen LogP contribution in [0.5, 0.6) is 5.75 Å². The third kappa shape index (κ3) is 7.07. The molecule has 4 N–H and O–H groups in total. The van der Waals surface area contributed by atoms with Crippen molar-refractivity contribution >= 4 is 23.6 Å². The molecule has 2 aromatic rings. The minimum Gasteiger partial charge on any atom is -0.489 e. The van der Waals surface area contributed by atoms with E-state index in [1.807, 2.05) is 30.3 Å². The third-order valence-corrected chi connectivity index (χ3v) is 3.44. The highest BCUT2D eigenvalue weighted by molar-refractivity contribution is 5.93. The van der Waals surface area contributed by atoms with Crippen LogP contribution in [-0.4, -0.2) is 30.6 Å². The van der Waals surface area contributed by atoms with E-state index in [-0.39, 0.29) is 0 Å². The van der Waals surface area contributed by atoms with Gasteiger partial charge in [-0.2, -0.15) is 0 Å². The van der Waals surface area contributed by atoms with Gasteiger partial charge >= 0.3 is 12.0 Å². The van der Waals surface area contributed by atoms with E-state index in [4.69, 9.17) is 15.2 Å². The molecule has 0 unspecified atom stereocenters. The second-order valence-corrected chi connectivity index (χ2v) is 5.68. The zero-order valence-electron chi connectivity index (χ0n) is 14.8. The Morgan fingerprint density at radius 2 is 1.70 bits per heavy atom. The van der Waals surface area contributed by atoms with Crippen molar-refractivity contribution < 1.29 is 23.9 Å². The molecule has 0 aliphatic rings. The summed E-state index contributed by atoms with van der Waals surface area (Å²) in [6, 6.07) is 14.8. The molecule has 2 aromatic carbocycles. The van der Waals surface area contributed by atoms with Crippen LogP contribution in [0.1, 0.15) is 12.5 Å². The number of hydrogen-bond donors (Lipinski definition) is 3. The van der Waals surface area contributed by atoms with Crippen molar-refractivity contribution in [3.05, 3.63) is 60.2 Å². The van der Waals surface area contributed by atoms with Gasteiger partial charge in [-0.25, -0.2) is 9.59 Å². The molecule has 0 bridgehead atoms. The molecule has 3 amide bonds. The largest absolute Gasteiger partial charge is 0.489 e. The van der Waals surface area contributed by atoms with Crippen molar-refractivity contribution in [3.63, 3.8) is 0 Å². The fourth-order valence-corrected chi connectivity index (χ4v) is 2.11. The molecule has 142 valence electrons. The number of ether oxygens (including phenoxy) is 2. The van der Waals surface area contributed by atoms with Gasteiger partial charge in [0.15, 0.2) is 6.61 Å². The number of carbonyl (C=O) groups excluding carboxylic acids is 3. The van der Waals surface area contributed by atoms with E-state index in [0.717, 1.165) is 5.56 Å². The average molecular weight is 371 g/mol. The van der Waals surface area contributed by atoms with Crippen molar-refractivity contribution in [1.29, 1.82) is 0 Å². The van der Waals surface area contributed by atoms with Crippen molar-refractivity contribution in [3.8, 4) is 5.75 Å². The molecule has 0 saturated heterocycles. The molecule has 2 rings (SSSR count). The van der Waals surface area contributed by atoms with E-state index in [0.29, 0.717) is 18.0 Å².